The molecule has 2 rings (SSSR count). The van der Waals surface area contributed by atoms with Crippen LogP contribution in [0.3, 0.4) is 0 Å². The first-order chi connectivity index (χ1) is 8.09. The Kier molecular flexibility index (Phi) is 3.10. The number of nitrogens with zero attached hydrogens (tertiary/aromatic N) is 1. The number of aromatic amines is 1. The van der Waals surface area contributed by atoms with Gasteiger partial charge in [-0.1, -0.05) is 0 Å². The van der Waals surface area contributed by atoms with Gasteiger partial charge in [0.25, 0.3) is 5.56 Å². The van der Waals surface area contributed by atoms with E-state index in [2.05, 4.69) is 5.32 Å². The zero-order valence-corrected chi connectivity index (χ0v) is 9.10. The van der Waals surface area contributed by atoms with Crippen molar-refractivity contribution in [2.75, 3.05) is 6.54 Å². The molecule has 0 saturated carbocycles. The normalized spacial score (nSPS) is 20.1. The predicted octanol–water partition coefficient (Wildman–Crippen LogP) is -0.493. The molecule has 1 unspecified atom stereocenters. The molecule has 0 amide bonds. The average Bonchev–Trinajstić information content (AvgIpc) is 2.29. The Balaban J connectivity index is 2.46. The van der Waals surface area contributed by atoms with E-state index in [1.165, 1.54) is 4.57 Å². The number of piperidine rings is 1. The molecular formula is C10H13N3O4. The fourth-order valence-electron chi connectivity index (χ4n) is 1.94. The van der Waals surface area contributed by atoms with Crippen LogP contribution < -0.4 is 16.6 Å². The maximum atomic E-state index is 11.6. The molecule has 1 atom stereocenters. The molecule has 0 aliphatic carbocycles. The van der Waals surface area contributed by atoms with E-state index in [0.717, 1.165) is 32.0 Å². The highest BCUT2D eigenvalue weighted by Crippen LogP contribution is 2.14. The Morgan fingerprint density at radius 2 is 2.18 bits per heavy atom. The summed E-state index contributed by atoms with van der Waals surface area (Å²) in [4.78, 5) is 35.7. The van der Waals surface area contributed by atoms with Gasteiger partial charge >= 0.3 is 11.7 Å². The highest BCUT2D eigenvalue weighted by molar-refractivity contribution is 5.86. The number of carbonyl (C=O) groups is 1. The number of nitrogens with one attached hydrogen (secondary N) is 2. The third-order valence-corrected chi connectivity index (χ3v) is 2.82. The van der Waals surface area contributed by atoms with Crippen molar-refractivity contribution in [3.63, 3.8) is 0 Å². The number of carboxylic acids is 1. The van der Waals surface area contributed by atoms with Gasteiger partial charge in [-0.15, -0.1) is 0 Å². The first kappa shape index (κ1) is 11.6. The summed E-state index contributed by atoms with van der Waals surface area (Å²) in [7, 11) is 0. The van der Waals surface area contributed by atoms with Gasteiger partial charge in [0.1, 0.15) is 5.56 Å². The van der Waals surface area contributed by atoms with Crippen molar-refractivity contribution in [1.29, 1.82) is 0 Å². The Morgan fingerprint density at radius 1 is 1.41 bits per heavy atom. The molecule has 0 bridgehead atoms. The molecule has 3 N–H and O–H groups in total. The second kappa shape index (κ2) is 4.54. The summed E-state index contributed by atoms with van der Waals surface area (Å²) in [6.07, 6.45) is 3.59. The van der Waals surface area contributed by atoms with Crippen LogP contribution >= 0.6 is 0 Å². The van der Waals surface area contributed by atoms with Crippen molar-refractivity contribution in [2.24, 2.45) is 0 Å². The number of carboxylic acid groups (broad SMARTS) is 1. The number of aromatic nitrogens is 2. The lowest BCUT2D eigenvalue weighted by molar-refractivity contribution is 0.0693. The lowest BCUT2D eigenvalue weighted by Crippen LogP contribution is -2.41. The van der Waals surface area contributed by atoms with Crippen molar-refractivity contribution in [3.8, 4) is 0 Å². The van der Waals surface area contributed by atoms with Crippen LogP contribution in [0.5, 0.6) is 0 Å². The number of H-pyrrole nitrogens is 1. The first-order valence-corrected chi connectivity index (χ1v) is 5.42. The second-order valence-electron chi connectivity index (χ2n) is 3.98. The lowest BCUT2D eigenvalue weighted by Gasteiger charge is -2.25. The molecule has 1 fully saturated rings. The summed E-state index contributed by atoms with van der Waals surface area (Å²) in [5.41, 5.74) is -1.87. The SMILES string of the molecule is O=C(O)c1cn(C2CCCCN2)c(=O)[nH]c1=O. The molecule has 0 spiro atoms. The number of rotatable bonds is 2. The van der Waals surface area contributed by atoms with Gasteiger partial charge in [-0.3, -0.25) is 19.7 Å². The Morgan fingerprint density at radius 3 is 2.76 bits per heavy atom. The minimum atomic E-state index is -1.34. The van der Waals surface area contributed by atoms with Gasteiger partial charge in [0.2, 0.25) is 0 Å². The van der Waals surface area contributed by atoms with E-state index in [1.807, 2.05) is 4.98 Å². The maximum Gasteiger partial charge on any atom is 0.342 e. The predicted molar refractivity (Wildman–Crippen MR) is 59.2 cm³/mol. The Hall–Kier alpha value is -1.89. The van der Waals surface area contributed by atoms with Crippen molar-refractivity contribution in [3.05, 3.63) is 32.6 Å². The van der Waals surface area contributed by atoms with Gasteiger partial charge in [0.15, 0.2) is 0 Å². The first-order valence-electron chi connectivity index (χ1n) is 5.42. The van der Waals surface area contributed by atoms with E-state index in [9.17, 15) is 14.4 Å². The molecule has 2 heterocycles. The molecule has 1 saturated heterocycles. The summed E-state index contributed by atoms with van der Waals surface area (Å²) in [6, 6.07) is 0. The number of aromatic carboxylic acids is 1. The molecule has 7 nitrogen and oxygen atoms in total. The third-order valence-electron chi connectivity index (χ3n) is 2.82. The van der Waals surface area contributed by atoms with Crippen LogP contribution in [0.1, 0.15) is 35.8 Å². The van der Waals surface area contributed by atoms with Crippen molar-refractivity contribution >= 4 is 5.97 Å². The molecule has 1 aliphatic heterocycles. The van der Waals surface area contributed by atoms with E-state index in [4.69, 9.17) is 5.11 Å². The molecule has 1 aliphatic rings. The molecular weight excluding hydrogens is 226 g/mol. The smallest absolute Gasteiger partial charge is 0.342 e. The van der Waals surface area contributed by atoms with Gasteiger partial charge in [0.05, 0.1) is 6.17 Å². The van der Waals surface area contributed by atoms with Crippen LogP contribution in [0.25, 0.3) is 0 Å². The zero-order chi connectivity index (χ0) is 12.4. The fraction of sp³-hybridized carbons (Fsp3) is 0.500. The summed E-state index contributed by atoms with van der Waals surface area (Å²) < 4.78 is 1.24. The summed E-state index contributed by atoms with van der Waals surface area (Å²) in [5.74, 6) is -1.34. The monoisotopic (exact) mass is 239 g/mol. The standard InChI is InChI=1S/C10H13N3O4/c14-8-6(9(15)16)5-13(10(17)12-8)7-3-1-2-4-11-7/h5,7,11H,1-4H2,(H,15,16)(H,12,14,17). The largest absolute Gasteiger partial charge is 0.477 e. The quantitative estimate of drug-likeness (QED) is 0.645. The lowest BCUT2D eigenvalue weighted by atomic mass is 10.1. The highest BCUT2D eigenvalue weighted by atomic mass is 16.4. The van der Waals surface area contributed by atoms with Crippen LogP contribution in [0.2, 0.25) is 0 Å². The van der Waals surface area contributed by atoms with Gasteiger partial charge in [-0.25, -0.2) is 9.59 Å². The van der Waals surface area contributed by atoms with E-state index in [0.29, 0.717) is 0 Å². The fourth-order valence-corrected chi connectivity index (χ4v) is 1.94. The van der Waals surface area contributed by atoms with Gasteiger partial charge in [-0.2, -0.15) is 0 Å². The number of hydrogen-bond acceptors (Lipinski definition) is 4. The van der Waals surface area contributed by atoms with Crippen LogP contribution in [0.4, 0.5) is 0 Å². The molecule has 0 aromatic carbocycles. The van der Waals surface area contributed by atoms with Gasteiger partial charge in [-0.05, 0) is 25.8 Å². The second-order valence-corrected chi connectivity index (χ2v) is 3.98. The molecule has 1 aromatic heterocycles. The van der Waals surface area contributed by atoms with Crippen molar-refractivity contribution < 1.29 is 9.90 Å². The molecule has 7 heteroatoms. The van der Waals surface area contributed by atoms with E-state index < -0.39 is 22.8 Å². The molecule has 92 valence electrons. The molecule has 1 aromatic rings. The zero-order valence-electron chi connectivity index (χ0n) is 9.10. The van der Waals surface area contributed by atoms with E-state index >= 15 is 0 Å². The highest BCUT2D eigenvalue weighted by Gasteiger charge is 2.18. The van der Waals surface area contributed by atoms with Gasteiger partial charge < -0.3 is 5.11 Å². The van der Waals surface area contributed by atoms with Gasteiger partial charge in [0, 0.05) is 6.20 Å². The molecule has 17 heavy (non-hydrogen) atoms. The maximum absolute atomic E-state index is 11.6. The number of hydrogen-bond donors (Lipinski definition) is 3. The minimum absolute atomic E-state index is 0.244. The van der Waals surface area contributed by atoms with Crippen LogP contribution in [-0.4, -0.2) is 27.2 Å². The van der Waals surface area contributed by atoms with Crippen LogP contribution in [-0.2, 0) is 0 Å². The topological polar surface area (TPSA) is 104 Å². The van der Waals surface area contributed by atoms with Crippen LogP contribution in [0.15, 0.2) is 15.8 Å². The minimum Gasteiger partial charge on any atom is -0.477 e. The van der Waals surface area contributed by atoms with Crippen molar-refractivity contribution in [1.82, 2.24) is 14.9 Å². The van der Waals surface area contributed by atoms with Crippen LogP contribution in [0, 0.1) is 0 Å². The van der Waals surface area contributed by atoms with Crippen molar-refractivity contribution in [2.45, 2.75) is 25.4 Å². The Bertz CT molecular complexity index is 539. The van der Waals surface area contributed by atoms with E-state index in [-0.39, 0.29) is 6.17 Å². The summed E-state index contributed by atoms with van der Waals surface area (Å²) in [5, 5.41) is 11.9. The summed E-state index contributed by atoms with van der Waals surface area (Å²) >= 11 is 0. The molecule has 0 radical (unpaired) electrons. The van der Waals surface area contributed by atoms with E-state index in [1.54, 1.807) is 0 Å². The Labute approximate surface area is 96.1 Å². The average molecular weight is 239 g/mol. The third kappa shape index (κ3) is 2.28. The summed E-state index contributed by atoms with van der Waals surface area (Å²) in [6.45, 7) is 0.776.